The van der Waals surface area contributed by atoms with Crippen molar-refractivity contribution in [3.63, 3.8) is 0 Å². The molecule has 2 aromatic heterocycles. The van der Waals surface area contributed by atoms with Crippen LogP contribution in [0.5, 0.6) is 5.88 Å². The first-order valence-electron chi connectivity index (χ1n) is 9.05. The molecule has 0 aliphatic rings. The maximum absolute atomic E-state index is 12.9. The second-order valence-electron chi connectivity index (χ2n) is 6.92. The van der Waals surface area contributed by atoms with E-state index >= 15 is 0 Å². The number of alkyl halides is 3. The number of hydrogen-bond acceptors (Lipinski definition) is 6. The van der Waals surface area contributed by atoms with Gasteiger partial charge in [-0.25, -0.2) is 17.8 Å². The van der Waals surface area contributed by atoms with Crippen molar-refractivity contribution in [2.75, 3.05) is 5.73 Å². The number of anilines is 1. The van der Waals surface area contributed by atoms with Crippen LogP contribution in [0.25, 0.3) is 16.6 Å². The highest BCUT2D eigenvalue weighted by molar-refractivity contribution is 7.92. The summed E-state index contributed by atoms with van der Waals surface area (Å²) in [5.41, 5.74) is 1.58. The lowest BCUT2D eigenvalue weighted by molar-refractivity contribution is -0.0436. The summed E-state index contributed by atoms with van der Waals surface area (Å²) >= 11 is 0. The monoisotopic (exact) mass is 464 g/mol. The van der Waals surface area contributed by atoms with Crippen LogP contribution in [0.4, 0.5) is 18.9 Å². The zero-order valence-corrected chi connectivity index (χ0v) is 16.9. The molecule has 0 aliphatic heterocycles. The number of nitrogens with two attached hydrogens (primary N) is 1. The molecular weight excluding hydrogens is 449 g/mol. The minimum absolute atomic E-state index is 0.00351. The fourth-order valence-corrected chi connectivity index (χ4v) is 4.05. The summed E-state index contributed by atoms with van der Waals surface area (Å²) in [5, 5.41) is 11.0. The van der Waals surface area contributed by atoms with Crippen LogP contribution >= 0.6 is 0 Å². The second kappa shape index (κ2) is 7.41. The van der Waals surface area contributed by atoms with Crippen LogP contribution in [0.2, 0.25) is 0 Å². The van der Waals surface area contributed by atoms with Gasteiger partial charge >= 0.3 is 11.2 Å². The van der Waals surface area contributed by atoms with Crippen molar-refractivity contribution in [3.8, 4) is 11.6 Å². The van der Waals surface area contributed by atoms with Crippen molar-refractivity contribution in [2.45, 2.75) is 16.9 Å². The van der Waals surface area contributed by atoms with E-state index in [1.165, 1.54) is 10.8 Å². The highest BCUT2D eigenvalue weighted by Crippen LogP contribution is 2.31. The van der Waals surface area contributed by atoms with Crippen LogP contribution in [0, 0.1) is 0 Å². The van der Waals surface area contributed by atoms with Gasteiger partial charge in [-0.15, -0.1) is 0 Å². The number of nitrogen functional groups attached to an aromatic ring is 1. The Kier molecular flexibility index (Phi) is 4.96. The number of pyridine rings is 1. The van der Waals surface area contributed by atoms with Crippen molar-refractivity contribution in [2.24, 2.45) is 0 Å². The molecule has 4 aromatic rings. The molecule has 0 saturated carbocycles. The molecule has 4 rings (SSSR count). The molecule has 2 heterocycles. The fraction of sp³-hybridized carbons (Fsp3) is 0.100. The zero-order valence-electron chi connectivity index (χ0n) is 16.1. The molecule has 8 nitrogen and oxygen atoms in total. The van der Waals surface area contributed by atoms with Gasteiger partial charge in [-0.3, -0.25) is 9.55 Å². The number of nitrogens with zero attached hydrogens (tertiary/aromatic N) is 3. The van der Waals surface area contributed by atoms with E-state index < -0.39 is 31.8 Å². The third-order valence-corrected chi connectivity index (χ3v) is 6.35. The Morgan fingerprint density at radius 2 is 1.75 bits per heavy atom. The number of rotatable bonds is 4. The van der Waals surface area contributed by atoms with Gasteiger partial charge in [0, 0.05) is 17.3 Å². The molecule has 2 aromatic carbocycles. The van der Waals surface area contributed by atoms with Crippen LogP contribution in [0.15, 0.2) is 70.6 Å². The maximum Gasteiger partial charge on any atom is 0.501 e. The van der Waals surface area contributed by atoms with E-state index in [1.54, 1.807) is 30.5 Å². The predicted molar refractivity (Wildman–Crippen MR) is 110 cm³/mol. The first-order chi connectivity index (χ1) is 15.0. The number of sulfone groups is 1. The molecule has 0 radical (unpaired) electrons. The van der Waals surface area contributed by atoms with Gasteiger partial charge in [-0.2, -0.15) is 13.2 Å². The number of imidazole rings is 1. The molecule has 0 fully saturated rings. The van der Waals surface area contributed by atoms with Gasteiger partial charge in [0.1, 0.15) is 0 Å². The molecule has 3 N–H and O–H groups in total. The van der Waals surface area contributed by atoms with Gasteiger partial charge in [-0.1, -0.05) is 0 Å². The van der Waals surface area contributed by atoms with E-state index in [0.717, 1.165) is 28.8 Å². The van der Waals surface area contributed by atoms with Crippen LogP contribution in [-0.2, 0) is 16.4 Å². The Morgan fingerprint density at radius 3 is 2.41 bits per heavy atom. The third kappa shape index (κ3) is 3.58. The summed E-state index contributed by atoms with van der Waals surface area (Å²) in [6.07, 6.45) is 2.73. The molecule has 32 heavy (non-hydrogen) atoms. The zero-order chi connectivity index (χ0) is 23.3. The SMILES string of the molecule is Nc1ccc2nccc(Cn3cc(O)n(-c4ccc(S(=O)(=O)C(F)(F)F)cc4)c3=O)c2c1. The van der Waals surface area contributed by atoms with Crippen molar-refractivity contribution >= 4 is 26.4 Å². The van der Waals surface area contributed by atoms with Gasteiger partial charge in [0.15, 0.2) is 0 Å². The summed E-state index contributed by atoms with van der Waals surface area (Å²) in [4.78, 5) is 16.1. The average molecular weight is 464 g/mol. The van der Waals surface area contributed by atoms with Gasteiger partial charge in [0.05, 0.1) is 28.8 Å². The number of benzene rings is 2. The number of hydrogen-bond donors (Lipinski definition) is 2. The fourth-order valence-electron chi connectivity index (χ4n) is 3.28. The molecule has 0 atom stereocenters. The summed E-state index contributed by atoms with van der Waals surface area (Å²) in [6.45, 7) is 0.0579. The quantitative estimate of drug-likeness (QED) is 0.448. The summed E-state index contributed by atoms with van der Waals surface area (Å²) < 4.78 is 63.2. The van der Waals surface area contributed by atoms with Crippen molar-refractivity contribution < 1.29 is 26.7 Å². The number of fused-ring (bicyclic) bond motifs is 1. The smallest absolute Gasteiger partial charge is 0.493 e. The normalized spacial score (nSPS) is 12.3. The lowest BCUT2D eigenvalue weighted by Crippen LogP contribution is -2.24. The minimum Gasteiger partial charge on any atom is -0.493 e. The van der Waals surface area contributed by atoms with E-state index in [-0.39, 0.29) is 12.2 Å². The molecule has 0 amide bonds. The maximum atomic E-state index is 12.9. The first kappa shape index (κ1) is 21.4. The number of halogens is 3. The molecule has 0 unspecified atom stereocenters. The number of aromatic nitrogens is 3. The standard InChI is InChI=1S/C20H15F3N4O4S/c21-20(22,23)32(30,31)15-4-2-14(3-5-15)27-18(28)11-26(19(27)29)10-12-7-8-25-17-6-1-13(24)9-16(12)17/h1-9,11,28H,10,24H2. The van der Waals surface area contributed by atoms with E-state index in [0.29, 0.717) is 22.2 Å². The highest BCUT2D eigenvalue weighted by Gasteiger charge is 2.46. The Balaban J connectivity index is 1.72. The second-order valence-corrected chi connectivity index (χ2v) is 8.86. The van der Waals surface area contributed by atoms with Crippen LogP contribution in [-0.4, -0.2) is 33.2 Å². The largest absolute Gasteiger partial charge is 0.501 e. The topological polar surface area (TPSA) is 120 Å². The third-order valence-electron chi connectivity index (χ3n) is 4.84. The van der Waals surface area contributed by atoms with Crippen LogP contribution < -0.4 is 11.4 Å². The van der Waals surface area contributed by atoms with Crippen molar-refractivity contribution in [3.05, 3.63) is 77.0 Å². The van der Waals surface area contributed by atoms with Crippen molar-refractivity contribution in [1.29, 1.82) is 0 Å². The molecular formula is C20H15F3N4O4S. The van der Waals surface area contributed by atoms with E-state index in [1.807, 2.05) is 0 Å². The Bertz CT molecular complexity index is 1490. The highest BCUT2D eigenvalue weighted by atomic mass is 32.2. The molecule has 12 heteroatoms. The molecule has 0 spiro atoms. The van der Waals surface area contributed by atoms with Gasteiger partial charge in [0.25, 0.3) is 9.84 Å². The van der Waals surface area contributed by atoms with Crippen molar-refractivity contribution in [1.82, 2.24) is 14.1 Å². The van der Waals surface area contributed by atoms with E-state index in [9.17, 15) is 31.5 Å². The van der Waals surface area contributed by atoms with Gasteiger partial charge in [-0.05, 0) is 54.1 Å². The van der Waals surface area contributed by atoms with Crippen LogP contribution in [0.1, 0.15) is 5.56 Å². The van der Waals surface area contributed by atoms with E-state index in [4.69, 9.17) is 5.73 Å². The molecule has 0 saturated heterocycles. The lowest BCUT2D eigenvalue weighted by atomic mass is 10.1. The summed E-state index contributed by atoms with van der Waals surface area (Å²) in [6, 6.07) is 10.3. The first-order valence-corrected chi connectivity index (χ1v) is 10.5. The molecule has 0 bridgehead atoms. The average Bonchev–Trinajstić information content (AvgIpc) is 3.00. The number of aromatic hydroxyl groups is 1. The molecule has 0 aliphatic carbocycles. The Morgan fingerprint density at radius 1 is 1.06 bits per heavy atom. The van der Waals surface area contributed by atoms with Crippen LogP contribution in [0.3, 0.4) is 0 Å². The predicted octanol–water partition coefficient (Wildman–Crippen LogP) is 2.82. The Hall–Kier alpha value is -3.80. The van der Waals surface area contributed by atoms with Gasteiger partial charge < -0.3 is 10.8 Å². The summed E-state index contributed by atoms with van der Waals surface area (Å²) in [7, 11) is -5.53. The minimum atomic E-state index is -5.53. The van der Waals surface area contributed by atoms with E-state index in [2.05, 4.69) is 4.98 Å². The molecule has 166 valence electrons. The Labute approximate surface area is 178 Å². The summed E-state index contributed by atoms with van der Waals surface area (Å²) in [5.74, 6) is -0.473. The van der Waals surface area contributed by atoms with Gasteiger partial charge in [0.2, 0.25) is 5.88 Å². The lowest BCUT2D eigenvalue weighted by Gasteiger charge is -2.09.